The van der Waals surface area contributed by atoms with Crippen LogP contribution < -0.4 is 0 Å². The first-order valence-electron chi connectivity index (χ1n) is 3.73. The zero-order chi connectivity index (χ0) is 10.6. The smallest absolute Gasteiger partial charge is 0.313 e. The number of benzene rings is 1. The fraction of sp³-hybridized carbons (Fsp3) is 0.111. The van der Waals surface area contributed by atoms with Crippen LogP contribution in [0.2, 0.25) is 5.02 Å². The number of aliphatic carboxylic acids is 1. The molecule has 0 bridgehead atoms. The summed E-state index contributed by atoms with van der Waals surface area (Å²) < 4.78 is 0. The number of carboxylic acids is 1. The van der Waals surface area contributed by atoms with E-state index in [1.54, 1.807) is 18.2 Å². The Morgan fingerprint density at radius 3 is 2.86 bits per heavy atom. The van der Waals surface area contributed by atoms with Crippen LogP contribution in [0.3, 0.4) is 0 Å². The molecule has 74 valence electrons. The average Bonchev–Trinajstić information content (AvgIpc) is 2.14. The first-order chi connectivity index (χ1) is 6.65. The summed E-state index contributed by atoms with van der Waals surface area (Å²) in [5.41, 5.74) is 0.348. The van der Waals surface area contributed by atoms with Crippen LogP contribution in [0.15, 0.2) is 23.1 Å². The fourth-order valence-electron chi connectivity index (χ4n) is 0.897. The zero-order valence-electron chi connectivity index (χ0n) is 7.07. The molecule has 5 heteroatoms. The van der Waals surface area contributed by atoms with Gasteiger partial charge in [-0.2, -0.15) is 0 Å². The second-order valence-electron chi connectivity index (χ2n) is 2.45. The van der Waals surface area contributed by atoms with Gasteiger partial charge in [0.15, 0.2) is 6.29 Å². The summed E-state index contributed by atoms with van der Waals surface area (Å²) in [6.07, 6.45) is 0.631. The molecule has 0 aliphatic rings. The van der Waals surface area contributed by atoms with Crippen LogP contribution in [0.5, 0.6) is 0 Å². The van der Waals surface area contributed by atoms with E-state index in [2.05, 4.69) is 0 Å². The lowest BCUT2D eigenvalue weighted by molar-refractivity contribution is -0.133. The number of carbonyl (C=O) groups excluding carboxylic acids is 1. The number of hydrogen-bond acceptors (Lipinski definition) is 3. The van der Waals surface area contributed by atoms with Gasteiger partial charge in [-0.15, -0.1) is 11.8 Å². The Balaban J connectivity index is 2.90. The lowest BCUT2D eigenvalue weighted by Gasteiger charge is -2.03. The van der Waals surface area contributed by atoms with E-state index in [1.165, 1.54) is 0 Å². The molecule has 0 fully saturated rings. The van der Waals surface area contributed by atoms with Crippen molar-refractivity contribution in [1.82, 2.24) is 0 Å². The van der Waals surface area contributed by atoms with E-state index >= 15 is 0 Å². The molecule has 1 N–H and O–H groups in total. The van der Waals surface area contributed by atoms with Crippen molar-refractivity contribution in [1.29, 1.82) is 0 Å². The highest BCUT2D eigenvalue weighted by Crippen LogP contribution is 2.26. The maximum absolute atomic E-state index is 10.6. The van der Waals surface area contributed by atoms with Gasteiger partial charge >= 0.3 is 5.97 Å². The van der Waals surface area contributed by atoms with Crippen molar-refractivity contribution in [3.63, 3.8) is 0 Å². The summed E-state index contributed by atoms with van der Waals surface area (Å²) >= 11 is 6.83. The van der Waals surface area contributed by atoms with Crippen molar-refractivity contribution in [2.24, 2.45) is 0 Å². The van der Waals surface area contributed by atoms with E-state index < -0.39 is 5.97 Å². The number of thioether (sulfide) groups is 1. The van der Waals surface area contributed by atoms with E-state index in [0.29, 0.717) is 21.8 Å². The van der Waals surface area contributed by atoms with Crippen LogP contribution >= 0.6 is 23.4 Å². The van der Waals surface area contributed by atoms with Gasteiger partial charge in [0, 0.05) is 10.5 Å². The third kappa shape index (κ3) is 2.75. The van der Waals surface area contributed by atoms with Gasteiger partial charge in [0.2, 0.25) is 0 Å². The summed E-state index contributed by atoms with van der Waals surface area (Å²) in [5.74, 6) is -1.01. The first kappa shape index (κ1) is 11.1. The summed E-state index contributed by atoms with van der Waals surface area (Å²) in [5, 5.41) is 8.81. The standard InChI is InChI=1S/C9H7ClO3S/c10-7-2-1-3-8(6(7)4-11)14-5-9(12)13/h1-4H,5H2,(H,12,13). The van der Waals surface area contributed by atoms with Crippen LogP contribution in [0.25, 0.3) is 0 Å². The molecule has 0 atom stereocenters. The molecule has 0 unspecified atom stereocenters. The Labute approximate surface area is 90.1 Å². The highest BCUT2D eigenvalue weighted by molar-refractivity contribution is 8.00. The van der Waals surface area contributed by atoms with Crippen LogP contribution in [0, 0.1) is 0 Å². The Hall–Kier alpha value is -1.00. The van der Waals surface area contributed by atoms with Crippen molar-refractivity contribution in [2.75, 3.05) is 5.75 Å². The van der Waals surface area contributed by atoms with Crippen LogP contribution in [-0.4, -0.2) is 23.1 Å². The molecular weight excluding hydrogens is 224 g/mol. The second-order valence-corrected chi connectivity index (χ2v) is 3.88. The number of carboxylic acid groups (broad SMARTS) is 1. The van der Waals surface area contributed by atoms with Gasteiger partial charge < -0.3 is 5.11 Å². The van der Waals surface area contributed by atoms with E-state index in [9.17, 15) is 9.59 Å². The maximum atomic E-state index is 10.6. The van der Waals surface area contributed by atoms with Gasteiger partial charge in [-0.05, 0) is 12.1 Å². The summed E-state index contributed by atoms with van der Waals surface area (Å²) in [6.45, 7) is 0. The molecule has 0 aliphatic carbocycles. The molecule has 0 amide bonds. The van der Waals surface area contributed by atoms with Crippen molar-refractivity contribution >= 4 is 35.6 Å². The van der Waals surface area contributed by atoms with Gasteiger partial charge in [-0.25, -0.2) is 0 Å². The minimum Gasteiger partial charge on any atom is -0.481 e. The second kappa shape index (κ2) is 5.02. The lowest BCUT2D eigenvalue weighted by Crippen LogP contribution is -1.98. The van der Waals surface area contributed by atoms with Gasteiger partial charge in [0.25, 0.3) is 0 Å². The summed E-state index contributed by atoms with van der Waals surface area (Å²) in [7, 11) is 0. The molecular formula is C9H7ClO3S. The van der Waals surface area contributed by atoms with E-state index in [0.717, 1.165) is 11.8 Å². The average molecular weight is 231 g/mol. The monoisotopic (exact) mass is 230 g/mol. The summed E-state index contributed by atoms with van der Waals surface area (Å²) in [6, 6.07) is 4.94. The Morgan fingerprint density at radius 1 is 1.57 bits per heavy atom. The topological polar surface area (TPSA) is 54.4 Å². The normalized spacial score (nSPS) is 9.79. The largest absolute Gasteiger partial charge is 0.481 e. The van der Waals surface area contributed by atoms with E-state index in [-0.39, 0.29) is 5.75 Å². The number of rotatable bonds is 4. The molecule has 0 radical (unpaired) electrons. The number of aldehydes is 1. The molecule has 3 nitrogen and oxygen atoms in total. The zero-order valence-corrected chi connectivity index (χ0v) is 8.64. The predicted octanol–water partition coefficient (Wildman–Crippen LogP) is 2.33. The number of halogens is 1. The van der Waals surface area contributed by atoms with Crippen molar-refractivity contribution in [2.45, 2.75) is 4.90 Å². The van der Waals surface area contributed by atoms with E-state index in [1.807, 2.05) is 0 Å². The maximum Gasteiger partial charge on any atom is 0.313 e. The van der Waals surface area contributed by atoms with Crippen molar-refractivity contribution < 1.29 is 14.7 Å². The van der Waals surface area contributed by atoms with Crippen molar-refractivity contribution in [3.8, 4) is 0 Å². The Bertz CT molecular complexity index is 365. The molecule has 0 spiro atoms. The van der Waals surface area contributed by atoms with Crippen molar-refractivity contribution in [3.05, 3.63) is 28.8 Å². The van der Waals surface area contributed by atoms with Crippen LogP contribution in [0.4, 0.5) is 0 Å². The molecule has 1 aromatic carbocycles. The number of carbonyl (C=O) groups is 2. The lowest BCUT2D eigenvalue weighted by atomic mass is 10.2. The fourth-order valence-corrected chi connectivity index (χ4v) is 1.94. The molecule has 0 aromatic heterocycles. The summed E-state index contributed by atoms with van der Waals surface area (Å²) in [4.78, 5) is 21.6. The van der Waals surface area contributed by atoms with E-state index in [4.69, 9.17) is 16.7 Å². The highest BCUT2D eigenvalue weighted by atomic mass is 35.5. The molecule has 14 heavy (non-hydrogen) atoms. The van der Waals surface area contributed by atoms with Gasteiger partial charge in [-0.3, -0.25) is 9.59 Å². The van der Waals surface area contributed by atoms with Crippen LogP contribution in [-0.2, 0) is 4.79 Å². The Kier molecular flexibility index (Phi) is 3.98. The molecule has 1 rings (SSSR count). The quantitative estimate of drug-likeness (QED) is 0.637. The molecule has 0 aliphatic heterocycles. The number of hydrogen-bond donors (Lipinski definition) is 1. The third-order valence-electron chi connectivity index (χ3n) is 1.48. The van der Waals surface area contributed by atoms with Gasteiger partial charge in [0.1, 0.15) is 0 Å². The van der Waals surface area contributed by atoms with Gasteiger partial charge in [0.05, 0.1) is 10.8 Å². The molecule has 0 saturated carbocycles. The minimum absolute atomic E-state index is 0.0822. The molecule has 0 heterocycles. The Morgan fingerprint density at radius 2 is 2.29 bits per heavy atom. The third-order valence-corrected chi connectivity index (χ3v) is 2.87. The van der Waals surface area contributed by atoms with Gasteiger partial charge in [-0.1, -0.05) is 17.7 Å². The molecule has 0 saturated heterocycles. The highest BCUT2D eigenvalue weighted by Gasteiger charge is 2.07. The minimum atomic E-state index is -0.924. The predicted molar refractivity (Wildman–Crippen MR) is 55.2 cm³/mol. The SMILES string of the molecule is O=Cc1c(Cl)cccc1SCC(=O)O. The van der Waals surface area contributed by atoms with Crippen LogP contribution in [0.1, 0.15) is 10.4 Å². The first-order valence-corrected chi connectivity index (χ1v) is 5.10. The molecule has 1 aromatic rings.